The first-order valence-electron chi connectivity index (χ1n) is 9.38. The van der Waals surface area contributed by atoms with E-state index in [-0.39, 0.29) is 17.4 Å². The van der Waals surface area contributed by atoms with Crippen molar-refractivity contribution >= 4 is 16.7 Å². The van der Waals surface area contributed by atoms with Gasteiger partial charge in [-0.1, -0.05) is 62.4 Å². The summed E-state index contributed by atoms with van der Waals surface area (Å²) in [6.45, 7) is 5.09. The van der Waals surface area contributed by atoms with Crippen LogP contribution in [0.5, 0.6) is 0 Å². The standard InChI is InChI=1S/C22H25N3O2/c1-16(2)15-25-22(27)19-13-7-6-12-18(19)20(24-25)21(26)23-14-8-11-17-9-4-3-5-10-17/h3-7,9-10,12-13,16H,8,11,14-15H2,1-2H3,(H,23,26). The lowest BCUT2D eigenvalue weighted by atomic mass is 10.1. The van der Waals surface area contributed by atoms with E-state index in [1.807, 2.05) is 44.2 Å². The number of benzene rings is 2. The summed E-state index contributed by atoms with van der Waals surface area (Å²) < 4.78 is 1.41. The van der Waals surface area contributed by atoms with Crippen LogP contribution in [0.1, 0.15) is 36.3 Å². The summed E-state index contributed by atoms with van der Waals surface area (Å²) in [5, 5.41) is 8.44. The van der Waals surface area contributed by atoms with Gasteiger partial charge >= 0.3 is 0 Å². The molecule has 0 saturated heterocycles. The first kappa shape index (κ1) is 18.8. The number of nitrogens with one attached hydrogen (secondary N) is 1. The summed E-state index contributed by atoms with van der Waals surface area (Å²) >= 11 is 0. The third-order valence-electron chi connectivity index (χ3n) is 4.39. The van der Waals surface area contributed by atoms with Gasteiger partial charge in [0.1, 0.15) is 0 Å². The fraction of sp³-hybridized carbons (Fsp3) is 0.318. The molecule has 140 valence electrons. The van der Waals surface area contributed by atoms with Gasteiger partial charge in [0.2, 0.25) is 0 Å². The Labute approximate surface area is 159 Å². The molecule has 0 radical (unpaired) electrons. The molecule has 1 aromatic heterocycles. The average Bonchev–Trinajstić information content (AvgIpc) is 2.68. The van der Waals surface area contributed by atoms with Crippen molar-refractivity contribution in [3.63, 3.8) is 0 Å². The molecule has 0 aliphatic heterocycles. The fourth-order valence-corrected chi connectivity index (χ4v) is 3.10. The first-order valence-corrected chi connectivity index (χ1v) is 9.38. The summed E-state index contributed by atoms with van der Waals surface area (Å²) in [6, 6.07) is 17.4. The highest BCUT2D eigenvalue weighted by atomic mass is 16.2. The van der Waals surface area contributed by atoms with Gasteiger partial charge in [0.25, 0.3) is 11.5 Å². The maximum absolute atomic E-state index is 12.7. The van der Waals surface area contributed by atoms with Gasteiger partial charge < -0.3 is 5.32 Å². The molecule has 3 aromatic rings. The zero-order valence-corrected chi connectivity index (χ0v) is 15.8. The van der Waals surface area contributed by atoms with Crippen molar-refractivity contribution in [2.45, 2.75) is 33.2 Å². The van der Waals surface area contributed by atoms with Crippen LogP contribution in [-0.4, -0.2) is 22.2 Å². The SMILES string of the molecule is CC(C)Cn1nc(C(=O)NCCCc2ccccc2)c2ccccc2c1=O. The Hall–Kier alpha value is -2.95. The van der Waals surface area contributed by atoms with Crippen LogP contribution in [0.25, 0.3) is 10.8 Å². The molecule has 0 unspecified atom stereocenters. The molecule has 0 spiro atoms. The topological polar surface area (TPSA) is 64.0 Å². The number of aryl methyl sites for hydroxylation is 1. The van der Waals surface area contributed by atoms with Gasteiger partial charge in [-0.05, 0) is 30.4 Å². The van der Waals surface area contributed by atoms with Crippen molar-refractivity contribution in [3.05, 3.63) is 76.2 Å². The Morgan fingerprint density at radius 2 is 1.70 bits per heavy atom. The van der Waals surface area contributed by atoms with E-state index in [1.54, 1.807) is 12.1 Å². The Morgan fingerprint density at radius 1 is 1.04 bits per heavy atom. The van der Waals surface area contributed by atoms with Crippen LogP contribution in [0.2, 0.25) is 0 Å². The molecule has 1 N–H and O–H groups in total. The van der Waals surface area contributed by atoms with Crippen LogP contribution in [0.3, 0.4) is 0 Å². The van der Waals surface area contributed by atoms with Crippen LogP contribution < -0.4 is 10.9 Å². The summed E-state index contributed by atoms with van der Waals surface area (Å²) in [7, 11) is 0. The minimum Gasteiger partial charge on any atom is -0.351 e. The van der Waals surface area contributed by atoms with Crippen molar-refractivity contribution in [3.8, 4) is 0 Å². The molecule has 5 nitrogen and oxygen atoms in total. The Kier molecular flexibility index (Phi) is 6.01. The van der Waals surface area contributed by atoms with Crippen molar-refractivity contribution in [2.24, 2.45) is 5.92 Å². The highest BCUT2D eigenvalue weighted by Crippen LogP contribution is 2.14. The van der Waals surface area contributed by atoms with Crippen LogP contribution in [0.4, 0.5) is 0 Å². The minimum atomic E-state index is -0.239. The van der Waals surface area contributed by atoms with E-state index in [4.69, 9.17) is 0 Å². The smallest absolute Gasteiger partial charge is 0.274 e. The molecule has 0 aliphatic rings. The molecule has 1 amide bonds. The number of nitrogens with zero attached hydrogens (tertiary/aromatic N) is 2. The Bertz CT molecular complexity index is 978. The average molecular weight is 363 g/mol. The van der Waals surface area contributed by atoms with E-state index < -0.39 is 0 Å². The molecule has 0 fully saturated rings. The largest absolute Gasteiger partial charge is 0.351 e. The van der Waals surface area contributed by atoms with Crippen molar-refractivity contribution in [1.29, 1.82) is 0 Å². The van der Waals surface area contributed by atoms with E-state index in [0.29, 0.717) is 29.6 Å². The summed E-state index contributed by atoms with van der Waals surface area (Å²) in [5.74, 6) is 0.0231. The van der Waals surface area contributed by atoms with Gasteiger partial charge in [-0.3, -0.25) is 9.59 Å². The van der Waals surface area contributed by atoms with Crippen LogP contribution in [0.15, 0.2) is 59.4 Å². The zero-order chi connectivity index (χ0) is 19.2. The highest BCUT2D eigenvalue weighted by Gasteiger charge is 2.16. The van der Waals surface area contributed by atoms with E-state index in [9.17, 15) is 9.59 Å². The van der Waals surface area contributed by atoms with Gasteiger partial charge in [-0.15, -0.1) is 0 Å². The maximum atomic E-state index is 12.7. The van der Waals surface area contributed by atoms with Crippen molar-refractivity contribution < 1.29 is 4.79 Å². The number of amides is 1. The van der Waals surface area contributed by atoms with E-state index in [0.717, 1.165) is 12.8 Å². The Balaban J connectivity index is 1.77. The van der Waals surface area contributed by atoms with Gasteiger partial charge in [0.15, 0.2) is 5.69 Å². The number of carbonyl (C=O) groups excluding carboxylic acids is 1. The quantitative estimate of drug-likeness (QED) is 0.654. The van der Waals surface area contributed by atoms with Gasteiger partial charge in [0.05, 0.1) is 5.39 Å². The van der Waals surface area contributed by atoms with E-state index in [1.165, 1.54) is 10.2 Å². The van der Waals surface area contributed by atoms with Gasteiger partial charge in [0, 0.05) is 18.5 Å². The molecular formula is C22H25N3O2. The number of aromatic nitrogens is 2. The molecular weight excluding hydrogens is 338 g/mol. The lowest BCUT2D eigenvalue weighted by Gasteiger charge is -2.12. The highest BCUT2D eigenvalue weighted by molar-refractivity contribution is 6.04. The van der Waals surface area contributed by atoms with E-state index >= 15 is 0 Å². The third kappa shape index (κ3) is 4.61. The molecule has 27 heavy (non-hydrogen) atoms. The van der Waals surface area contributed by atoms with E-state index in [2.05, 4.69) is 22.5 Å². The van der Waals surface area contributed by atoms with Crippen LogP contribution in [0, 0.1) is 5.92 Å². The molecule has 3 rings (SSSR count). The first-order chi connectivity index (χ1) is 13.1. The van der Waals surface area contributed by atoms with Crippen molar-refractivity contribution in [1.82, 2.24) is 15.1 Å². The number of hydrogen-bond donors (Lipinski definition) is 1. The maximum Gasteiger partial charge on any atom is 0.274 e. The normalized spacial score (nSPS) is 11.1. The number of hydrogen-bond acceptors (Lipinski definition) is 3. The lowest BCUT2D eigenvalue weighted by molar-refractivity contribution is 0.0947. The Morgan fingerprint density at radius 3 is 2.41 bits per heavy atom. The molecule has 0 saturated carbocycles. The van der Waals surface area contributed by atoms with Crippen LogP contribution in [-0.2, 0) is 13.0 Å². The predicted molar refractivity (Wildman–Crippen MR) is 108 cm³/mol. The summed E-state index contributed by atoms with van der Waals surface area (Å²) in [5.41, 5.74) is 1.41. The van der Waals surface area contributed by atoms with Crippen molar-refractivity contribution in [2.75, 3.05) is 6.54 Å². The number of fused-ring (bicyclic) bond motifs is 1. The second-order valence-corrected chi connectivity index (χ2v) is 7.12. The second-order valence-electron chi connectivity index (χ2n) is 7.12. The lowest BCUT2D eigenvalue weighted by Crippen LogP contribution is -2.32. The number of carbonyl (C=O) groups is 1. The third-order valence-corrected chi connectivity index (χ3v) is 4.39. The fourth-order valence-electron chi connectivity index (χ4n) is 3.10. The molecule has 0 bridgehead atoms. The molecule has 5 heteroatoms. The monoisotopic (exact) mass is 363 g/mol. The van der Waals surface area contributed by atoms with Crippen LogP contribution >= 0.6 is 0 Å². The summed E-state index contributed by atoms with van der Waals surface area (Å²) in [4.78, 5) is 25.4. The molecule has 0 aliphatic carbocycles. The van der Waals surface area contributed by atoms with Gasteiger partial charge in [-0.25, -0.2) is 4.68 Å². The van der Waals surface area contributed by atoms with Gasteiger partial charge in [-0.2, -0.15) is 5.10 Å². The molecule has 1 heterocycles. The minimum absolute atomic E-state index is 0.153. The molecule has 0 atom stereocenters. The predicted octanol–water partition coefficient (Wildman–Crippen LogP) is 3.42. The second kappa shape index (κ2) is 8.62. The number of rotatable bonds is 7. The molecule has 2 aromatic carbocycles. The zero-order valence-electron chi connectivity index (χ0n) is 15.8. The summed E-state index contributed by atoms with van der Waals surface area (Å²) in [6.07, 6.45) is 1.75.